The van der Waals surface area contributed by atoms with Crippen LogP contribution in [0.25, 0.3) is 0 Å². The number of carbonyl (C=O) groups is 1. The Morgan fingerprint density at radius 2 is 2.14 bits per heavy atom. The zero-order chi connectivity index (χ0) is 11.2. The molecule has 0 heterocycles. The van der Waals surface area contributed by atoms with Crippen molar-refractivity contribution in [1.29, 1.82) is 5.26 Å². The number of hydrogen-bond acceptors (Lipinski definition) is 4. The maximum atomic E-state index is 11.3. The van der Waals surface area contributed by atoms with Gasteiger partial charge in [-0.2, -0.15) is 9.57 Å². The molecule has 1 N–H and O–H groups in total. The van der Waals surface area contributed by atoms with E-state index in [0.717, 1.165) is 4.31 Å². The second-order valence-electron chi connectivity index (χ2n) is 2.54. The third-order valence-electron chi connectivity index (χ3n) is 1.54. The molecular weight excluding hydrogens is 208 g/mol. The van der Waals surface area contributed by atoms with Crippen LogP contribution in [-0.2, 0) is 14.8 Å². The molecule has 0 aromatic rings. The first kappa shape index (κ1) is 12.9. The molecular formula is C7H12N2O4S. The van der Waals surface area contributed by atoms with Crippen LogP contribution in [0.15, 0.2) is 0 Å². The fourth-order valence-electron chi connectivity index (χ4n) is 0.825. The highest BCUT2D eigenvalue weighted by Gasteiger charge is 2.21. The van der Waals surface area contributed by atoms with Crippen LogP contribution in [0.3, 0.4) is 0 Å². The molecule has 80 valence electrons. The molecule has 0 rings (SSSR count). The van der Waals surface area contributed by atoms with Crippen molar-refractivity contribution in [3.8, 4) is 6.07 Å². The lowest BCUT2D eigenvalue weighted by atomic mass is 10.4. The minimum atomic E-state index is -3.53. The summed E-state index contributed by atoms with van der Waals surface area (Å²) in [6.07, 6.45) is -0.00743. The second-order valence-corrected chi connectivity index (χ2v) is 4.79. The van der Waals surface area contributed by atoms with Crippen LogP contribution in [0.4, 0.5) is 0 Å². The smallest absolute Gasteiger partial charge is 0.318 e. The summed E-state index contributed by atoms with van der Waals surface area (Å²) in [6, 6.07) is 1.77. The number of carboxylic acids is 1. The van der Waals surface area contributed by atoms with Gasteiger partial charge in [0, 0.05) is 13.0 Å². The van der Waals surface area contributed by atoms with Crippen LogP contribution in [-0.4, -0.2) is 42.6 Å². The topological polar surface area (TPSA) is 98.5 Å². The summed E-state index contributed by atoms with van der Waals surface area (Å²) in [6.45, 7) is 0.771. The van der Waals surface area contributed by atoms with Crippen molar-refractivity contribution >= 4 is 16.0 Å². The number of aliphatic carboxylic acids is 1. The molecule has 0 saturated heterocycles. The summed E-state index contributed by atoms with van der Waals surface area (Å²) in [4.78, 5) is 10.3. The average Bonchev–Trinajstić information content (AvgIpc) is 2.11. The molecule has 0 aromatic heterocycles. The van der Waals surface area contributed by atoms with Gasteiger partial charge < -0.3 is 5.11 Å². The molecule has 6 nitrogen and oxygen atoms in total. The first-order valence-corrected chi connectivity index (χ1v) is 5.61. The van der Waals surface area contributed by atoms with Gasteiger partial charge in [-0.25, -0.2) is 8.42 Å². The van der Waals surface area contributed by atoms with E-state index in [1.165, 1.54) is 6.92 Å². The van der Waals surface area contributed by atoms with Gasteiger partial charge in [-0.05, 0) is 6.92 Å². The van der Waals surface area contributed by atoms with Gasteiger partial charge in [-0.15, -0.1) is 0 Å². The minimum Gasteiger partial charge on any atom is -0.480 e. The third-order valence-corrected chi connectivity index (χ3v) is 3.37. The lowest BCUT2D eigenvalue weighted by Gasteiger charge is -2.17. The number of nitriles is 1. The maximum absolute atomic E-state index is 11.3. The Morgan fingerprint density at radius 1 is 1.57 bits per heavy atom. The standard InChI is InChI=1S/C7H12N2O4S/c1-2-14(12,13)9(5-3-4-8)6-7(10)11/h2-3,5-6H2,1H3,(H,10,11). The van der Waals surface area contributed by atoms with Gasteiger partial charge in [0.05, 0.1) is 11.8 Å². The summed E-state index contributed by atoms with van der Waals surface area (Å²) in [7, 11) is -3.53. The number of nitrogens with zero attached hydrogens (tertiary/aromatic N) is 2. The summed E-state index contributed by atoms with van der Waals surface area (Å²) in [5.41, 5.74) is 0. The SMILES string of the molecule is CCS(=O)(=O)N(CCC#N)CC(=O)O. The fourth-order valence-corrected chi connectivity index (χ4v) is 1.87. The van der Waals surface area contributed by atoms with E-state index in [4.69, 9.17) is 10.4 Å². The molecule has 0 fully saturated rings. The monoisotopic (exact) mass is 220 g/mol. The van der Waals surface area contributed by atoms with Crippen LogP contribution >= 0.6 is 0 Å². The molecule has 0 spiro atoms. The van der Waals surface area contributed by atoms with Crippen molar-refractivity contribution in [3.05, 3.63) is 0 Å². The maximum Gasteiger partial charge on any atom is 0.318 e. The third kappa shape index (κ3) is 4.20. The predicted molar refractivity (Wildman–Crippen MR) is 48.9 cm³/mol. The van der Waals surface area contributed by atoms with E-state index in [1.54, 1.807) is 6.07 Å². The Bertz CT molecular complexity index is 330. The van der Waals surface area contributed by atoms with Gasteiger partial charge in [0.25, 0.3) is 0 Å². The zero-order valence-corrected chi connectivity index (χ0v) is 8.62. The van der Waals surface area contributed by atoms with E-state index in [0.29, 0.717) is 0 Å². The molecule has 0 aliphatic rings. The molecule has 0 aliphatic carbocycles. The fraction of sp³-hybridized carbons (Fsp3) is 0.714. The Balaban J connectivity index is 4.56. The largest absolute Gasteiger partial charge is 0.480 e. The minimum absolute atomic E-state index is 0.00743. The molecule has 0 aliphatic heterocycles. The van der Waals surface area contributed by atoms with Crippen molar-refractivity contribution in [3.63, 3.8) is 0 Å². The lowest BCUT2D eigenvalue weighted by Crippen LogP contribution is -2.37. The predicted octanol–water partition coefficient (Wildman–Crippen LogP) is -0.364. The normalized spacial score (nSPS) is 11.2. The first-order chi connectivity index (χ1) is 6.44. The van der Waals surface area contributed by atoms with E-state index in [9.17, 15) is 13.2 Å². The van der Waals surface area contributed by atoms with E-state index < -0.39 is 22.5 Å². The van der Waals surface area contributed by atoms with Gasteiger partial charge in [-0.3, -0.25) is 4.79 Å². The van der Waals surface area contributed by atoms with Gasteiger partial charge in [-0.1, -0.05) is 0 Å². The van der Waals surface area contributed by atoms with Crippen molar-refractivity contribution in [2.24, 2.45) is 0 Å². The highest BCUT2D eigenvalue weighted by atomic mass is 32.2. The molecule has 14 heavy (non-hydrogen) atoms. The van der Waals surface area contributed by atoms with Gasteiger partial charge >= 0.3 is 5.97 Å². The number of hydrogen-bond donors (Lipinski definition) is 1. The Morgan fingerprint density at radius 3 is 2.50 bits per heavy atom. The summed E-state index contributed by atoms with van der Waals surface area (Å²) in [5.74, 6) is -1.38. The van der Waals surface area contributed by atoms with Crippen molar-refractivity contribution in [2.45, 2.75) is 13.3 Å². The molecule has 0 bridgehead atoms. The second kappa shape index (κ2) is 5.57. The molecule has 0 aromatic carbocycles. The van der Waals surface area contributed by atoms with E-state index >= 15 is 0 Å². The summed E-state index contributed by atoms with van der Waals surface area (Å²) in [5, 5.41) is 16.7. The number of sulfonamides is 1. The van der Waals surface area contributed by atoms with Crippen LogP contribution in [0.1, 0.15) is 13.3 Å². The van der Waals surface area contributed by atoms with Crippen molar-refractivity contribution < 1.29 is 18.3 Å². The Kier molecular flexibility index (Phi) is 5.12. The molecule has 0 amide bonds. The van der Waals surface area contributed by atoms with E-state index in [-0.39, 0.29) is 18.7 Å². The highest BCUT2D eigenvalue weighted by Crippen LogP contribution is 2.02. The zero-order valence-electron chi connectivity index (χ0n) is 7.80. The molecule has 0 radical (unpaired) electrons. The van der Waals surface area contributed by atoms with Crippen molar-refractivity contribution in [2.75, 3.05) is 18.8 Å². The lowest BCUT2D eigenvalue weighted by molar-refractivity contribution is -0.137. The summed E-state index contributed by atoms with van der Waals surface area (Å²) < 4.78 is 23.4. The molecule has 0 unspecified atom stereocenters. The first-order valence-electron chi connectivity index (χ1n) is 4.00. The van der Waals surface area contributed by atoms with E-state index in [1.807, 2.05) is 0 Å². The van der Waals surface area contributed by atoms with Crippen LogP contribution in [0.5, 0.6) is 0 Å². The molecule has 0 saturated carbocycles. The Labute approximate surface area is 82.8 Å². The van der Waals surface area contributed by atoms with Gasteiger partial charge in [0.1, 0.15) is 6.54 Å². The highest BCUT2D eigenvalue weighted by molar-refractivity contribution is 7.89. The van der Waals surface area contributed by atoms with Crippen LogP contribution in [0.2, 0.25) is 0 Å². The van der Waals surface area contributed by atoms with Gasteiger partial charge in [0.2, 0.25) is 10.0 Å². The van der Waals surface area contributed by atoms with Crippen LogP contribution < -0.4 is 0 Å². The van der Waals surface area contributed by atoms with Crippen molar-refractivity contribution in [1.82, 2.24) is 4.31 Å². The van der Waals surface area contributed by atoms with Crippen LogP contribution in [0, 0.1) is 11.3 Å². The average molecular weight is 220 g/mol. The Hall–Kier alpha value is -1.13. The quantitative estimate of drug-likeness (QED) is 0.658. The number of rotatable bonds is 6. The molecule has 0 atom stereocenters. The van der Waals surface area contributed by atoms with E-state index in [2.05, 4.69) is 0 Å². The number of carboxylic acid groups (broad SMARTS) is 1. The van der Waals surface area contributed by atoms with Gasteiger partial charge in [0.15, 0.2) is 0 Å². The summed E-state index contributed by atoms with van der Waals surface area (Å²) >= 11 is 0. The molecule has 7 heteroatoms.